The van der Waals surface area contributed by atoms with Gasteiger partial charge in [0.25, 0.3) is 0 Å². The predicted molar refractivity (Wildman–Crippen MR) is 79.8 cm³/mol. The Bertz CT molecular complexity index is 567. The fourth-order valence-electron chi connectivity index (χ4n) is 2.09. The summed E-state index contributed by atoms with van der Waals surface area (Å²) in [6.07, 6.45) is 5.85. The van der Waals surface area contributed by atoms with Crippen LogP contribution in [0.4, 0.5) is 16.2 Å². The van der Waals surface area contributed by atoms with Gasteiger partial charge in [0, 0.05) is 18.4 Å². The lowest BCUT2D eigenvalue weighted by atomic mass is 10.3. The quantitative estimate of drug-likeness (QED) is 0.921. The summed E-state index contributed by atoms with van der Waals surface area (Å²) in [6, 6.07) is 13.2. The topological polar surface area (TPSA) is 45.2 Å². The second-order valence-electron chi connectivity index (χ2n) is 5.06. The van der Waals surface area contributed by atoms with Gasteiger partial charge in [-0.05, 0) is 43.0 Å². The average Bonchev–Trinajstić information content (AvgIpc) is 3.31. The number of urea groups is 1. The molecule has 1 aliphatic carbocycles. The number of benzene rings is 1. The highest BCUT2D eigenvalue weighted by atomic mass is 16.2. The maximum absolute atomic E-state index is 12.5. The van der Waals surface area contributed by atoms with Crippen LogP contribution in [0.25, 0.3) is 0 Å². The summed E-state index contributed by atoms with van der Waals surface area (Å²) in [5, 5.41) is 2.93. The summed E-state index contributed by atoms with van der Waals surface area (Å²) in [5.74, 6) is 0.622. The van der Waals surface area contributed by atoms with E-state index in [1.807, 2.05) is 42.5 Å². The van der Waals surface area contributed by atoms with Crippen molar-refractivity contribution >= 4 is 17.4 Å². The van der Waals surface area contributed by atoms with E-state index in [9.17, 15) is 4.79 Å². The van der Waals surface area contributed by atoms with Gasteiger partial charge in [-0.3, -0.25) is 9.88 Å². The molecule has 0 spiro atoms. The van der Waals surface area contributed by atoms with Crippen LogP contribution in [-0.4, -0.2) is 17.6 Å². The molecule has 1 saturated carbocycles. The summed E-state index contributed by atoms with van der Waals surface area (Å²) >= 11 is 0. The molecule has 0 radical (unpaired) electrons. The molecule has 0 saturated heterocycles. The van der Waals surface area contributed by atoms with E-state index in [0.29, 0.717) is 5.92 Å². The third-order valence-corrected chi connectivity index (χ3v) is 3.37. The number of nitrogens with one attached hydrogen (secondary N) is 1. The maximum Gasteiger partial charge on any atom is 0.326 e. The highest BCUT2D eigenvalue weighted by Crippen LogP contribution is 2.31. The molecule has 1 fully saturated rings. The van der Waals surface area contributed by atoms with Gasteiger partial charge in [-0.15, -0.1) is 0 Å². The summed E-state index contributed by atoms with van der Waals surface area (Å²) < 4.78 is 0. The lowest BCUT2D eigenvalue weighted by Gasteiger charge is -2.22. The molecular formula is C16H17N3O. The Balaban J connectivity index is 1.76. The van der Waals surface area contributed by atoms with Crippen molar-refractivity contribution in [2.24, 2.45) is 5.92 Å². The lowest BCUT2D eigenvalue weighted by molar-refractivity contribution is 0.256. The first-order chi connectivity index (χ1) is 9.83. The first-order valence-electron chi connectivity index (χ1n) is 6.86. The van der Waals surface area contributed by atoms with Gasteiger partial charge in [-0.1, -0.05) is 18.2 Å². The van der Waals surface area contributed by atoms with E-state index < -0.39 is 0 Å². The number of nitrogens with zero attached hydrogens (tertiary/aromatic N) is 2. The van der Waals surface area contributed by atoms with Crippen LogP contribution < -0.4 is 10.2 Å². The molecule has 4 nitrogen and oxygen atoms in total. The standard InChI is InChI=1S/C16H17N3O/c20-16(18-14-5-2-1-3-6-14)19(12-13-8-9-13)15-7-4-10-17-11-15/h1-7,10-11,13H,8-9,12H2,(H,18,20). The number of amides is 2. The molecule has 102 valence electrons. The van der Waals surface area contributed by atoms with Gasteiger partial charge in [0.2, 0.25) is 0 Å². The second kappa shape index (κ2) is 5.74. The maximum atomic E-state index is 12.5. The molecule has 0 bridgehead atoms. The fourth-order valence-corrected chi connectivity index (χ4v) is 2.09. The summed E-state index contributed by atoms with van der Waals surface area (Å²) in [4.78, 5) is 18.3. The number of rotatable bonds is 4. The van der Waals surface area contributed by atoms with E-state index in [1.54, 1.807) is 17.3 Å². The Hall–Kier alpha value is -2.36. The number of hydrogen-bond acceptors (Lipinski definition) is 2. The van der Waals surface area contributed by atoms with Gasteiger partial charge in [0.15, 0.2) is 0 Å². The van der Waals surface area contributed by atoms with Crippen molar-refractivity contribution in [1.82, 2.24) is 4.98 Å². The normalized spacial score (nSPS) is 13.8. The fraction of sp³-hybridized carbons (Fsp3) is 0.250. The van der Waals surface area contributed by atoms with E-state index in [2.05, 4.69) is 10.3 Å². The van der Waals surface area contributed by atoms with Crippen molar-refractivity contribution in [3.63, 3.8) is 0 Å². The van der Waals surface area contributed by atoms with Gasteiger partial charge in [0.1, 0.15) is 0 Å². The lowest BCUT2D eigenvalue weighted by Crippen LogP contribution is -2.36. The van der Waals surface area contributed by atoms with Crippen LogP contribution in [0.1, 0.15) is 12.8 Å². The van der Waals surface area contributed by atoms with Gasteiger partial charge in [-0.25, -0.2) is 4.79 Å². The van der Waals surface area contributed by atoms with E-state index in [1.165, 1.54) is 12.8 Å². The van der Waals surface area contributed by atoms with E-state index in [-0.39, 0.29) is 6.03 Å². The van der Waals surface area contributed by atoms with Crippen LogP contribution >= 0.6 is 0 Å². The Morgan fingerprint density at radius 1 is 1.20 bits per heavy atom. The smallest absolute Gasteiger partial charge is 0.308 e. The molecule has 0 aliphatic heterocycles. The summed E-state index contributed by atoms with van der Waals surface area (Å²) in [7, 11) is 0. The first kappa shape index (κ1) is 12.7. The van der Waals surface area contributed by atoms with Gasteiger partial charge >= 0.3 is 6.03 Å². The Kier molecular flexibility index (Phi) is 3.63. The van der Waals surface area contributed by atoms with Crippen LogP contribution in [0.15, 0.2) is 54.9 Å². The molecule has 3 rings (SSSR count). The summed E-state index contributed by atoms with van der Waals surface area (Å²) in [6.45, 7) is 0.754. The first-order valence-corrected chi connectivity index (χ1v) is 6.86. The van der Waals surface area contributed by atoms with Crippen molar-refractivity contribution in [2.75, 3.05) is 16.8 Å². The molecule has 2 amide bonds. The largest absolute Gasteiger partial charge is 0.326 e. The number of anilines is 2. The minimum Gasteiger partial charge on any atom is -0.308 e. The molecular weight excluding hydrogens is 250 g/mol. The SMILES string of the molecule is O=C(Nc1ccccc1)N(CC1CC1)c1cccnc1. The highest BCUT2D eigenvalue weighted by molar-refractivity contribution is 6.01. The number of carbonyl (C=O) groups excluding carboxylic acids is 1. The molecule has 1 heterocycles. The predicted octanol–water partition coefficient (Wildman–Crippen LogP) is 3.53. The monoisotopic (exact) mass is 267 g/mol. The van der Waals surface area contributed by atoms with Crippen molar-refractivity contribution in [3.05, 3.63) is 54.9 Å². The zero-order valence-corrected chi connectivity index (χ0v) is 11.2. The van der Waals surface area contributed by atoms with E-state index >= 15 is 0 Å². The minimum atomic E-state index is -0.101. The molecule has 4 heteroatoms. The third kappa shape index (κ3) is 3.15. The van der Waals surface area contributed by atoms with Crippen LogP contribution in [0.2, 0.25) is 0 Å². The number of pyridine rings is 1. The number of carbonyl (C=O) groups is 1. The van der Waals surface area contributed by atoms with E-state index in [4.69, 9.17) is 0 Å². The molecule has 2 aromatic rings. The molecule has 0 unspecified atom stereocenters. The summed E-state index contributed by atoms with van der Waals surface area (Å²) in [5.41, 5.74) is 1.65. The Morgan fingerprint density at radius 2 is 2.00 bits per heavy atom. The number of hydrogen-bond donors (Lipinski definition) is 1. The zero-order valence-electron chi connectivity index (χ0n) is 11.2. The van der Waals surface area contributed by atoms with Crippen molar-refractivity contribution in [1.29, 1.82) is 0 Å². The van der Waals surface area contributed by atoms with Crippen LogP contribution in [0, 0.1) is 5.92 Å². The molecule has 1 aromatic heterocycles. The van der Waals surface area contributed by atoms with Gasteiger partial charge in [-0.2, -0.15) is 0 Å². The molecule has 1 aliphatic rings. The zero-order chi connectivity index (χ0) is 13.8. The number of para-hydroxylation sites is 1. The van der Waals surface area contributed by atoms with Crippen molar-refractivity contribution < 1.29 is 4.79 Å². The Labute approximate surface area is 118 Å². The average molecular weight is 267 g/mol. The highest BCUT2D eigenvalue weighted by Gasteiger charge is 2.27. The van der Waals surface area contributed by atoms with Gasteiger partial charge in [0.05, 0.1) is 11.9 Å². The molecule has 1 aromatic carbocycles. The van der Waals surface area contributed by atoms with Crippen LogP contribution in [0.3, 0.4) is 0 Å². The third-order valence-electron chi connectivity index (χ3n) is 3.37. The Morgan fingerprint density at radius 3 is 2.65 bits per heavy atom. The second-order valence-corrected chi connectivity index (χ2v) is 5.06. The molecule has 20 heavy (non-hydrogen) atoms. The van der Waals surface area contributed by atoms with Crippen molar-refractivity contribution in [3.8, 4) is 0 Å². The molecule has 1 N–H and O–H groups in total. The van der Waals surface area contributed by atoms with E-state index in [0.717, 1.165) is 17.9 Å². The van der Waals surface area contributed by atoms with Crippen LogP contribution in [-0.2, 0) is 0 Å². The van der Waals surface area contributed by atoms with Gasteiger partial charge < -0.3 is 5.32 Å². The minimum absolute atomic E-state index is 0.101. The molecule has 0 atom stereocenters. The van der Waals surface area contributed by atoms with Crippen molar-refractivity contribution in [2.45, 2.75) is 12.8 Å². The van der Waals surface area contributed by atoms with Crippen LogP contribution in [0.5, 0.6) is 0 Å². The number of aromatic nitrogens is 1.